The van der Waals surface area contributed by atoms with Gasteiger partial charge in [0.15, 0.2) is 0 Å². The van der Waals surface area contributed by atoms with Gasteiger partial charge >= 0.3 is 0 Å². The number of nitrogens with zero attached hydrogens (tertiary/aromatic N) is 3. The monoisotopic (exact) mass is 236 g/mol. The van der Waals surface area contributed by atoms with E-state index in [2.05, 4.69) is 34.0 Å². The Balaban J connectivity index is 2.19. The molecule has 1 atom stereocenters. The maximum Gasteiger partial charge on any atom is 0.134 e. The Morgan fingerprint density at radius 3 is 2.82 bits per heavy atom. The molecule has 0 spiro atoms. The molecule has 17 heavy (non-hydrogen) atoms. The summed E-state index contributed by atoms with van der Waals surface area (Å²) in [6, 6.07) is 2.30. The Bertz CT molecular complexity index is 394. The van der Waals surface area contributed by atoms with Crippen LogP contribution in [0.5, 0.6) is 0 Å². The topological polar surface area (TPSA) is 61.3 Å². The average Bonchev–Trinajstić information content (AvgIpc) is 2.62. The first-order valence-electron chi connectivity index (χ1n) is 6.10. The van der Waals surface area contributed by atoms with E-state index in [1.807, 2.05) is 13.0 Å². The van der Waals surface area contributed by atoms with Crippen LogP contribution in [0.1, 0.15) is 26.1 Å². The molecular formula is C12H20N4O. The summed E-state index contributed by atoms with van der Waals surface area (Å²) in [4.78, 5) is 10.9. The fourth-order valence-electron chi connectivity index (χ4n) is 2.03. The molecule has 2 N–H and O–H groups in total. The normalized spacial score (nSPS) is 20.1. The molecule has 0 saturated carbocycles. The highest BCUT2D eigenvalue weighted by Crippen LogP contribution is 2.21. The lowest BCUT2D eigenvalue weighted by Crippen LogP contribution is -2.23. The van der Waals surface area contributed by atoms with Gasteiger partial charge in [0.25, 0.3) is 0 Å². The number of β-amino-alcohol motifs (C(OH)–C–C–N with tert-alkyl or cyclic N) is 1. The van der Waals surface area contributed by atoms with Gasteiger partial charge in [0.2, 0.25) is 0 Å². The standard InChI is InChI=1S/C12H20N4O/c1-8(2)13-11-6-12(15-9(3)14-11)16-5-4-10(17)7-16/h6,8,10,17H,4-5,7H2,1-3H3,(H,13,14,15). The molecule has 5 nitrogen and oxygen atoms in total. The second-order valence-electron chi connectivity index (χ2n) is 4.85. The van der Waals surface area contributed by atoms with Crippen molar-refractivity contribution >= 4 is 11.6 Å². The van der Waals surface area contributed by atoms with Crippen LogP contribution in [-0.4, -0.2) is 40.3 Å². The van der Waals surface area contributed by atoms with E-state index in [9.17, 15) is 5.11 Å². The van der Waals surface area contributed by atoms with Crippen LogP contribution in [0, 0.1) is 6.92 Å². The SMILES string of the molecule is Cc1nc(NC(C)C)cc(N2CCC(O)C2)n1. The summed E-state index contributed by atoms with van der Waals surface area (Å²) in [5, 5.41) is 12.8. The summed E-state index contributed by atoms with van der Waals surface area (Å²) in [5.74, 6) is 2.51. The van der Waals surface area contributed by atoms with Crippen LogP contribution in [0.15, 0.2) is 6.07 Å². The molecule has 1 aliphatic heterocycles. The van der Waals surface area contributed by atoms with Crippen molar-refractivity contribution in [2.45, 2.75) is 39.3 Å². The zero-order chi connectivity index (χ0) is 12.4. The van der Waals surface area contributed by atoms with Crippen LogP contribution in [0.3, 0.4) is 0 Å². The van der Waals surface area contributed by atoms with Crippen molar-refractivity contribution in [3.8, 4) is 0 Å². The highest BCUT2D eigenvalue weighted by molar-refractivity contribution is 5.50. The number of aliphatic hydroxyl groups excluding tert-OH is 1. The summed E-state index contributed by atoms with van der Waals surface area (Å²) < 4.78 is 0. The van der Waals surface area contributed by atoms with Crippen molar-refractivity contribution < 1.29 is 5.11 Å². The van der Waals surface area contributed by atoms with Crippen LogP contribution in [0.4, 0.5) is 11.6 Å². The number of aliphatic hydroxyl groups is 1. The molecule has 1 saturated heterocycles. The zero-order valence-electron chi connectivity index (χ0n) is 10.6. The van der Waals surface area contributed by atoms with E-state index in [-0.39, 0.29) is 6.10 Å². The van der Waals surface area contributed by atoms with Crippen LogP contribution < -0.4 is 10.2 Å². The van der Waals surface area contributed by atoms with Crippen LogP contribution >= 0.6 is 0 Å². The van der Waals surface area contributed by atoms with Gasteiger partial charge in [0.1, 0.15) is 17.5 Å². The van der Waals surface area contributed by atoms with Gasteiger partial charge in [-0.1, -0.05) is 0 Å². The van der Waals surface area contributed by atoms with E-state index < -0.39 is 0 Å². The Morgan fingerprint density at radius 1 is 1.47 bits per heavy atom. The summed E-state index contributed by atoms with van der Waals surface area (Å²) in [7, 11) is 0. The van der Waals surface area contributed by atoms with E-state index in [1.54, 1.807) is 0 Å². The van der Waals surface area contributed by atoms with Gasteiger partial charge in [-0.05, 0) is 27.2 Å². The molecule has 1 aromatic heterocycles. The molecule has 1 unspecified atom stereocenters. The fraction of sp³-hybridized carbons (Fsp3) is 0.667. The molecule has 5 heteroatoms. The number of aryl methyl sites for hydroxylation is 1. The van der Waals surface area contributed by atoms with Gasteiger partial charge in [-0.3, -0.25) is 0 Å². The number of aromatic nitrogens is 2. The van der Waals surface area contributed by atoms with Gasteiger partial charge in [-0.15, -0.1) is 0 Å². The van der Waals surface area contributed by atoms with Crippen molar-refractivity contribution in [3.63, 3.8) is 0 Å². The van der Waals surface area contributed by atoms with E-state index in [0.29, 0.717) is 12.6 Å². The average molecular weight is 236 g/mol. The molecule has 0 radical (unpaired) electrons. The van der Waals surface area contributed by atoms with Crippen LogP contribution in [-0.2, 0) is 0 Å². The van der Waals surface area contributed by atoms with E-state index in [1.165, 1.54) is 0 Å². The molecule has 1 aromatic rings. The third-order valence-electron chi connectivity index (χ3n) is 2.75. The lowest BCUT2D eigenvalue weighted by Gasteiger charge is -2.18. The Morgan fingerprint density at radius 2 is 2.24 bits per heavy atom. The number of anilines is 2. The second-order valence-corrected chi connectivity index (χ2v) is 4.85. The van der Waals surface area contributed by atoms with Crippen molar-refractivity contribution in [1.29, 1.82) is 0 Å². The minimum Gasteiger partial charge on any atom is -0.391 e. The fourth-order valence-corrected chi connectivity index (χ4v) is 2.03. The van der Waals surface area contributed by atoms with E-state index in [0.717, 1.165) is 30.4 Å². The van der Waals surface area contributed by atoms with Crippen molar-refractivity contribution in [3.05, 3.63) is 11.9 Å². The minimum absolute atomic E-state index is 0.230. The highest BCUT2D eigenvalue weighted by atomic mass is 16.3. The molecule has 1 aliphatic rings. The first-order valence-corrected chi connectivity index (χ1v) is 6.10. The molecule has 0 aliphatic carbocycles. The Kier molecular flexibility index (Phi) is 3.47. The largest absolute Gasteiger partial charge is 0.391 e. The first kappa shape index (κ1) is 12.1. The molecule has 0 bridgehead atoms. The molecule has 1 fully saturated rings. The number of hydrogen-bond donors (Lipinski definition) is 2. The predicted molar refractivity (Wildman–Crippen MR) is 68.4 cm³/mol. The number of nitrogens with one attached hydrogen (secondary N) is 1. The number of rotatable bonds is 3. The summed E-state index contributed by atoms with van der Waals surface area (Å²) in [5.41, 5.74) is 0. The van der Waals surface area contributed by atoms with E-state index >= 15 is 0 Å². The summed E-state index contributed by atoms with van der Waals surface area (Å²) >= 11 is 0. The van der Waals surface area contributed by atoms with Crippen LogP contribution in [0.2, 0.25) is 0 Å². The van der Waals surface area contributed by atoms with Crippen LogP contribution in [0.25, 0.3) is 0 Å². The summed E-state index contributed by atoms with van der Waals surface area (Å²) in [6.45, 7) is 7.57. The van der Waals surface area contributed by atoms with E-state index in [4.69, 9.17) is 0 Å². The lowest BCUT2D eigenvalue weighted by atomic mass is 10.3. The molecule has 2 heterocycles. The zero-order valence-corrected chi connectivity index (χ0v) is 10.6. The van der Waals surface area contributed by atoms with Crippen molar-refractivity contribution in [1.82, 2.24) is 9.97 Å². The highest BCUT2D eigenvalue weighted by Gasteiger charge is 2.22. The van der Waals surface area contributed by atoms with Gasteiger partial charge < -0.3 is 15.3 Å². The smallest absolute Gasteiger partial charge is 0.134 e. The molecule has 94 valence electrons. The van der Waals surface area contributed by atoms with Crippen molar-refractivity contribution in [2.24, 2.45) is 0 Å². The predicted octanol–water partition coefficient (Wildman–Crippen LogP) is 1.18. The van der Waals surface area contributed by atoms with Gasteiger partial charge in [0.05, 0.1) is 6.10 Å². The summed E-state index contributed by atoms with van der Waals surface area (Å²) in [6.07, 6.45) is 0.586. The van der Waals surface area contributed by atoms with Gasteiger partial charge in [-0.2, -0.15) is 0 Å². The molecule has 2 rings (SSSR count). The quantitative estimate of drug-likeness (QED) is 0.825. The number of hydrogen-bond acceptors (Lipinski definition) is 5. The van der Waals surface area contributed by atoms with Gasteiger partial charge in [-0.25, -0.2) is 9.97 Å². The Hall–Kier alpha value is -1.36. The Labute approximate surface area is 102 Å². The third kappa shape index (κ3) is 3.06. The first-order chi connectivity index (χ1) is 8.04. The lowest BCUT2D eigenvalue weighted by molar-refractivity contribution is 0.198. The molecular weight excluding hydrogens is 216 g/mol. The second kappa shape index (κ2) is 4.87. The minimum atomic E-state index is -0.230. The molecule has 0 amide bonds. The molecule has 0 aromatic carbocycles. The van der Waals surface area contributed by atoms with Gasteiger partial charge in [0, 0.05) is 25.2 Å². The third-order valence-corrected chi connectivity index (χ3v) is 2.75. The maximum atomic E-state index is 9.54. The maximum absolute atomic E-state index is 9.54. The van der Waals surface area contributed by atoms with Crippen molar-refractivity contribution in [2.75, 3.05) is 23.3 Å².